The van der Waals surface area contributed by atoms with Gasteiger partial charge < -0.3 is 5.32 Å². The molecular weight excluding hydrogens is 384 g/mol. The molecule has 1 aromatic heterocycles. The van der Waals surface area contributed by atoms with E-state index in [0.717, 1.165) is 25.5 Å². The van der Waals surface area contributed by atoms with Gasteiger partial charge in [-0.2, -0.15) is 5.10 Å². The summed E-state index contributed by atoms with van der Waals surface area (Å²) in [6.45, 7) is 2.60. The van der Waals surface area contributed by atoms with E-state index in [1.807, 2.05) is 32.2 Å². The molecule has 18 heavy (non-hydrogen) atoms. The Morgan fingerprint density at radius 3 is 2.67 bits per heavy atom. The van der Waals surface area contributed by atoms with Gasteiger partial charge in [0.15, 0.2) is 0 Å². The number of nitrogens with one attached hydrogen (secondary N) is 1. The van der Waals surface area contributed by atoms with Crippen LogP contribution in [0.5, 0.6) is 0 Å². The Morgan fingerprint density at radius 1 is 1.39 bits per heavy atom. The average Bonchev–Trinajstić information content (AvgIpc) is 2.53. The summed E-state index contributed by atoms with van der Waals surface area (Å²) in [4.78, 5) is 0. The predicted octanol–water partition coefficient (Wildman–Crippen LogP) is 4.25. The molecule has 1 heterocycles. The molecule has 0 atom stereocenters. The highest BCUT2D eigenvalue weighted by molar-refractivity contribution is 14.1. The van der Waals surface area contributed by atoms with Crippen LogP contribution >= 0.6 is 45.8 Å². The van der Waals surface area contributed by atoms with Crippen molar-refractivity contribution >= 4 is 51.5 Å². The number of hydrogen-bond donors (Lipinski definition) is 1. The minimum absolute atomic E-state index is 0.649. The van der Waals surface area contributed by atoms with E-state index in [4.69, 9.17) is 23.2 Å². The van der Waals surface area contributed by atoms with Crippen molar-refractivity contribution in [3.63, 3.8) is 0 Å². The topological polar surface area (TPSA) is 29.9 Å². The molecule has 1 N–H and O–H groups in total. The lowest BCUT2D eigenvalue weighted by Crippen LogP contribution is -2.02. The molecule has 0 aliphatic carbocycles. The van der Waals surface area contributed by atoms with Crippen LogP contribution < -0.4 is 5.32 Å². The second-order valence-corrected chi connectivity index (χ2v) is 5.91. The molecule has 0 bridgehead atoms. The zero-order valence-electron chi connectivity index (χ0n) is 9.97. The maximum Gasteiger partial charge on any atom is 0.131 e. The zero-order chi connectivity index (χ0) is 13.3. The third-order valence-electron chi connectivity index (χ3n) is 2.66. The highest BCUT2D eigenvalue weighted by atomic mass is 127. The molecule has 2 aromatic rings. The van der Waals surface area contributed by atoms with Gasteiger partial charge in [-0.15, -0.1) is 0 Å². The summed E-state index contributed by atoms with van der Waals surface area (Å²) in [5, 5.41) is 9.04. The van der Waals surface area contributed by atoms with Gasteiger partial charge in [-0.3, -0.25) is 4.68 Å². The number of benzene rings is 1. The quantitative estimate of drug-likeness (QED) is 0.787. The third kappa shape index (κ3) is 2.92. The molecule has 0 spiro atoms. The summed E-state index contributed by atoms with van der Waals surface area (Å²) < 4.78 is 2.76. The standard InChI is InChI=1S/C12H12Cl2IN3/c1-7-9(12(14)18(2)17-7)6-16-11-4-3-8(13)5-10(11)15/h3-5,16H,6H2,1-2H3. The summed E-state index contributed by atoms with van der Waals surface area (Å²) in [6.07, 6.45) is 0. The number of halogens is 3. The molecule has 0 radical (unpaired) electrons. The Balaban J connectivity index is 2.16. The number of rotatable bonds is 3. The molecule has 0 saturated carbocycles. The molecule has 0 aliphatic rings. The van der Waals surface area contributed by atoms with Gasteiger partial charge in [0.25, 0.3) is 0 Å². The minimum Gasteiger partial charge on any atom is -0.380 e. The Morgan fingerprint density at radius 2 is 2.11 bits per heavy atom. The highest BCUT2D eigenvalue weighted by Gasteiger charge is 2.11. The van der Waals surface area contributed by atoms with Crippen molar-refractivity contribution in [2.24, 2.45) is 7.05 Å². The van der Waals surface area contributed by atoms with Crippen molar-refractivity contribution in [3.05, 3.63) is 43.2 Å². The Bertz CT molecular complexity index is 581. The van der Waals surface area contributed by atoms with E-state index in [-0.39, 0.29) is 0 Å². The second-order valence-electron chi connectivity index (χ2n) is 3.96. The smallest absolute Gasteiger partial charge is 0.131 e. The predicted molar refractivity (Wildman–Crippen MR) is 84.5 cm³/mol. The van der Waals surface area contributed by atoms with Crippen LogP contribution in [-0.2, 0) is 13.6 Å². The number of aromatic nitrogens is 2. The Labute approximate surface area is 130 Å². The van der Waals surface area contributed by atoms with E-state index in [1.165, 1.54) is 0 Å². The van der Waals surface area contributed by atoms with E-state index in [9.17, 15) is 0 Å². The van der Waals surface area contributed by atoms with Crippen molar-refractivity contribution in [2.75, 3.05) is 5.32 Å². The normalized spacial score (nSPS) is 10.7. The molecule has 6 heteroatoms. The molecule has 2 rings (SSSR count). The molecule has 96 valence electrons. The molecule has 0 fully saturated rings. The van der Waals surface area contributed by atoms with Crippen molar-refractivity contribution in [2.45, 2.75) is 13.5 Å². The van der Waals surface area contributed by atoms with Crippen molar-refractivity contribution in [3.8, 4) is 0 Å². The first-order chi connectivity index (χ1) is 8.49. The van der Waals surface area contributed by atoms with Gasteiger partial charge in [0.1, 0.15) is 5.15 Å². The van der Waals surface area contributed by atoms with E-state index >= 15 is 0 Å². The van der Waals surface area contributed by atoms with E-state index < -0.39 is 0 Å². The van der Waals surface area contributed by atoms with Crippen molar-refractivity contribution in [1.29, 1.82) is 0 Å². The number of hydrogen-bond acceptors (Lipinski definition) is 2. The van der Waals surface area contributed by atoms with Crippen LogP contribution in [0, 0.1) is 10.5 Å². The van der Waals surface area contributed by atoms with Crippen LogP contribution in [0.15, 0.2) is 18.2 Å². The van der Waals surface area contributed by atoms with E-state index in [1.54, 1.807) is 4.68 Å². The molecule has 1 aromatic carbocycles. The summed E-state index contributed by atoms with van der Waals surface area (Å²) in [5.41, 5.74) is 3.00. The maximum absolute atomic E-state index is 6.18. The second kappa shape index (κ2) is 5.67. The fraction of sp³-hybridized carbons (Fsp3) is 0.250. The lowest BCUT2D eigenvalue weighted by Gasteiger charge is -2.08. The van der Waals surface area contributed by atoms with Gasteiger partial charge in [-0.05, 0) is 47.7 Å². The van der Waals surface area contributed by atoms with Crippen molar-refractivity contribution in [1.82, 2.24) is 9.78 Å². The first-order valence-electron chi connectivity index (χ1n) is 5.36. The number of anilines is 1. The molecule has 3 nitrogen and oxygen atoms in total. The van der Waals surface area contributed by atoms with Gasteiger partial charge in [-0.1, -0.05) is 23.2 Å². The van der Waals surface area contributed by atoms with Gasteiger partial charge in [0, 0.05) is 33.4 Å². The Kier molecular flexibility index (Phi) is 4.40. The average molecular weight is 396 g/mol. The van der Waals surface area contributed by atoms with Crippen LogP contribution in [0.4, 0.5) is 5.69 Å². The van der Waals surface area contributed by atoms with Crippen LogP contribution in [-0.4, -0.2) is 9.78 Å². The molecular formula is C12H12Cl2IN3. The largest absolute Gasteiger partial charge is 0.380 e. The summed E-state index contributed by atoms with van der Waals surface area (Å²) in [5.74, 6) is 0. The first-order valence-corrected chi connectivity index (χ1v) is 7.19. The van der Waals surface area contributed by atoms with Gasteiger partial charge >= 0.3 is 0 Å². The lowest BCUT2D eigenvalue weighted by atomic mass is 10.2. The minimum atomic E-state index is 0.649. The monoisotopic (exact) mass is 395 g/mol. The molecule has 0 aliphatic heterocycles. The van der Waals surface area contributed by atoms with Crippen LogP contribution in [0.1, 0.15) is 11.3 Å². The fourth-order valence-electron chi connectivity index (χ4n) is 1.69. The first kappa shape index (κ1) is 14.0. The van der Waals surface area contributed by atoms with Crippen LogP contribution in [0.3, 0.4) is 0 Å². The number of nitrogens with zero attached hydrogens (tertiary/aromatic N) is 2. The third-order valence-corrected chi connectivity index (χ3v) is 4.26. The van der Waals surface area contributed by atoms with E-state index in [2.05, 4.69) is 33.0 Å². The Hall–Kier alpha value is -0.460. The maximum atomic E-state index is 6.18. The summed E-state index contributed by atoms with van der Waals surface area (Å²) in [7, 11) is 1.84. The highest BCUT2D eigenvalue weighted by Crippen LogP contribution is 2.24. The van der Waals surface area contributed by atoms with Crippen LogP contribution in [0.25, 0.3) is 0 Å². The summed E-state index contributed by atoms with van der Waals surface area (Å²) >= 11 is 14.4. The van der Waals surface area contributed by atoms with Crippen molar-refractivity contribution < 1.29 is 0 Å². The van der Waals surface area contributed by atoms with Gasteiger partial charge in [-0.25, -0.2) is 0 Å². The molecule has 0 amide bonds. The van der Waals surface area contributed by atoms with Gasteiger partial charge in [0.2, 0.25) is 0 Å². The van der Waals surface area contributed by atoms with Crippen LogP contribution in [0.2, 0.25) is 10.2 Å². The SMILES string of the molecule is Cc1nn(C)c(Cl)c1CNc1ccc(Cl)cc1I. The van der Waals surface area contributed by atoms with Gasteiger partial charge in [0.05, 0.1) is 5.69 Å². The lowest BCUT2D eigenvalue weighted by molar-refractivity contribution is 0.757. The fourth-order valence-corrected chi connectivity index (χ4v) is 2.99. The number of aryl methyl sites for hydroxylation is 2. The van der Waals surface area contributed by atoms with E-state index in [0.29, 0.717) is 11.7 Å². The molecule has 0 saturated heterocycles. The summed E-state index contributed by atoms with van der Waals surface area (Å²) in [6, 6.07) is 5.75. The zero-order valence-corrected chi connectivity index (χ0v) is 13.6. The molecule has 0 unspecified atom stereocenters.